The molecule has 0 heterocycles. The quantitative estimate of drug-likeness (QED) is 0.864. The molecule has 1 rings (SSSR count). The predicted octanol–water partition coefficient (Wildman–Crippen LogP) is 3.49. The summed E-state index contributed by atoms with van der Waals surface area (Å²) in [6.07, 6.45) is 0.379. The van der Waals surface area contributed by atoms with Gasteiger partial charge < -0.3 is 10.2 Å². The Hall–Kier alpha value is -1.36. The van der Waals surface area contributed by atoms with Crippen LogP contribution in [0.15, 0.2) is 28.7 Å². The van der Waals surface area contributed by atoms with Crippen molar-refractivity contribution in [3.05, 3.63) is 34.3 Å². The highest BCUT2D eigenvalue weighted by atomic mass is 79.9. The number of carbonyl (C=O) groups is 2. The first-order valence-electron chi connectivity index (χ1n) is 7.50. The van der Waals surface area contributed by atoms with E-state index in [4.69, 9.17) is 0 Å². The van der Waals surface area contributed by atoms with Crippen LogP contribution in [0.4, 0.5) is 0 Å². The average molecular weight is 369 g/mol. The molecule has 5 heteroatoms. The molecule has 1 aromatic carbocycles. The van der Waals surface area contributed by atoms with Gasteiger partial charge in [-0.3, -0.25) is 9.59 Å². The van der Waals surface area contributed by atoms with Gasteiger partial charge in [0.05, 0.1) is 0 Å². The minimum absolute atomic E-state index is 0.0283. The van der Waals surface area contributed by atoms with E-state index in [1.54, 1.807) is 11.8 Å². The van der Waals surface area contributed by atoms with E-state index in [1.165, 1.54) is 0 Å². The van der Waals surface area contributed by atoms with E-state index in [0.717, 1.165) is 10.0 Å². The van der Waals surface area contributed by atoms with Gasteiger partial charge in [-0.1, -0.05) is 35.0 Å². The Kier molecular flexibility index (Phi) is 6.60. The van der Waals surface area contributed by atoms with Gasteiger partial charge in [0.1, 0.15) is 6.04 Å². The van der Waals surface area contributed by atoms with Gasteiger partial charge in [0.15, 0.2) is 0 Å². The molecular weight excluding hydrogens is 344 g/mol. The van der Waals surface area contributed by atoms with Crippen molar-refractivity contribution in [2.45, 2.75) is 59.2 Å². The van der Waals surface area contributed by atoms with Crippen molar-refractivity contribution in [3.8, 4) is 0 Å². The van der Waals surface area contributed by atoms with Gasteiger partial charge in [0.25, 0.3) is 0 Å². The van der Waals surface area contributed by atoms with Crippen molar-refractivity contribution in [2.75, 3.05) is 0 Å². The van der Waals surface area contributed by atoms with Gasteiger partial charge in [0, 0.05) is 23.0 Å². The summed E-state index contributed by atoms with van der Waals surface area (Å²) in [5, 5.41) is 2.93. The number of halogens is 1. The van der Waals surface area contributed by atoms with Crippen LogP contribution in [0.25, 0.3) is 0 Å². The summed E-state index contributed by atoms with van der Waals surface area (Å²) < 4.78 is 0.989. The van der Waals surface area contributed by atoms with E-state index in [-0.39, 0.29) is 17.4 Å². The van der Waals surface area contributed by atoms with Crippen LogP contribution in [0.2, 0.25) is 0 Å². The first kappa shape index (κ1) is 18.7. The van der Waals surface area contributed by atoms with Crippen molar-refractivity contribution in [1.82, 2.24) is 10.2 Å². The second-order valence-electron chi connectivity index (χ2n) is 6.42. The predicted molar refractivity (Wildman–Crippen MR) is 92.3 cm³/mol. The van der Waals surface area contributed by atoms with Crippen LogP contribution in [0.3, 0.4) is 0 Å². The van der Waals surface area contributed by atoms with Gasteiger partial charge in [-0.05, 0) is 45.4 Å². The van der Waals surface area contributed by atoms with Crippen LogP contribution in [-0.4, -0.2) is 28.3 Å². The smallest absolute Gasteiger partial charge is 0.242 e. The summed E-state index contributed by atoms with van der Waals surface area (Å²) in [6.45, 7) is 9.80. The third-order valence-electron chi connectivity index (χ3n) is 3.23. The Morgan fingerprint density at radius 1 is 1.23 bits per heavy atom. The van der Waals surface area contributed by atoms with Crippen molar-refractivity contribution < 1.29 is 9.59 Å². The van der Waals surface area contributed by atoms with E-state index in [9.17, 15) is 9.59 Å². The molecule has 4 nitrogen and oxygen atoms in total. The molecule has 0 aliphatic carbocycles. The van der Waals surface area contributed by atoms with Crippen LogP contribution < -0.4 is 5.32 Å². The summed E-state index contributed by atoms with van der Waals surface area (Å²) >= 11 is 3.39. The van der Waals surface area contributed by atoms with Crippen molar-refractivity contribution in [1.29, 1.82) is 0 Å². The van der Waals surface area contributed by atoms with E-state index in [2.05, 4.69) is 21.2 Å². The van der Waals surface area contributed by atoms with Crippen LogP contribution in [0, 0.1) is 0 Å². The average Bonchev–Trinajstić information content (AvgIpc) is 2.43. The minimum Gasteiger partial charge on any atom is -0.350 e. The summed E-state index contributed by atoms with van der Waals surface area (Å²) in [6, 6.07) is 7.27. The number of hydrogen-bond acceptors (Lipinski definition) is 2. The lowest BCUT2D eigenvalue weighted by atomic mass is 10.1. The third kappa shape index (κ3) is 5.79. The number of carbonyl (C=O) groups excluding carboxylic acids is 2. The zero-order valence-electron chi connectivity index (χ0n) is 13.9. The second-order valence-corrected chi connectivity index (χ2v) is 7.33. The molecule has 0 aliphatic heterocycles. The largest absolute Gasteiger partial charge is 0.350 e. The first-order valence-corrected chi connectivity index (χ1v) is 8.29. The van der Waals surface area contributed by atoms with Crippen molar-refractivity contribution in [3.63, 3.8) is 0 Å². The van der Waals surface area contributed by atoms with Crippen molar-refractivity contribution in [2.24, 2.45) is 0 Å². The lowest BCUT2D eigenvalue weighted by molar-refractivity contribution is -0.141. The second kappa shape index (κ2) is 7.77. The monoisotopic (exact) mass is 368 g/mol. The SMILES string of the molecule is CCC(=O)N(Cc1ccc(Br)cc1)[C@@H](C)C(=O)NC(C)(C)C. The molecule has 0 aromatic heterocycles. The summed E-state index contributed by atoms with van der Waals surface area (Å²) in [5.41, 5.74) is 0.685. The van der Waals surface area contributed by atoms with Gasteiger partial charge in [-0.2, -0.15) is 0 Å². The third-order valence-corrected chi connectivity index (χ3v) is 3.76. The Morgan fingerprint density at radius 2 is 1.77 bits per heavy atom. The lowest BCUT2D eigenvalue weighted by Crippen LogP contribution is -2.52. The highest BCUT2D eigenvalue weighted by Crippen LogP contribution is 2.15. The van der Waals surface area contributed by atoms with Crippen LogP contribution in [0.1, 0.15) is 46.6 Å². The molecule has 1 aromatic rings. The van der Waals surface area contributed by atoms with Crippen LogP contribution in [0.5, 0.6) is 0 Å². The molecule has 0 radical (unpaired) electrons. The van der Waals surface area contributed by atoms with E-state index in [1.807, 2.05) is 52.0 Å². The van der Waals surface area contributed by atoms with E-state index in [0.29, 0.717) is 13.0 Å². The topological polar surface area (TPSA) is 49.4 Å². The maximum absolute atomic E-state index is 12.4. The molecule has 0 saturated heterocycles. The van der Waals surface area contributed by atoms with Crippen molar-refractivity contribution >= 4 is 27.7 Å². The Labute approximate surface area is 141 Å². The highest BCUT2D eigenvalue weighted by Gasteiger charge is 2.27. The number of amides is 2. The van der Waals surface area contributed by atoms with Gasteiger partial charge in [-0.15, -0.1) is 0 Å². The summed E-state index contributed by atoms with van der Waals surface area (Å²) in [4.78, 5) is 26.2. The molecule has 0 bridgehead atoms. The molecule has 0 saturated carbocycles. The molecule has 22 heavy (non-hydrogen) atoms. The van der Waals surface area contributed by atoms with E-state index < -0.39 is 6.04 Å². The normalized spacial score (nSPS) is 12.6. The number of hydrogen-bond donors (Lipinski definition) is 1. The molecule has 2 amide bonds. The Morgan fingerprint density at radius 3 is 2.23 bits per heavy atom. The molecule has 0 spiro atoms. The Balaban J connectivity index is 2.90. The molecule has 0 aliphatic rings. The number of nitrogens with one attached hydrogen (secondary N) is 1. The zero-order chi connectivity index (χ0) is 16.9. The minimum atomic E-state index is -0.504. The zero-order valence-corrected chi connectivity index (χ0v) is 15.5. The lowest BCUT2D eigenvalue weighted by Gasteiger charge is -2.31. The van der Waals surface area contributed by atoms with Crippen LogP contribution >= 0.6 is 15.9 Å². The first-order chi connectivity index (χ1) is 10.1. The maximum Gasteiger partial charge on any atom is 0.242 e. The molecule has 1 N–H and O–H groups in total. The molecule has 0 unspecified atom stereocenters. The fourth-order valence-corrected chi connectivity index (χ4v) is 2.31. The maximum atomic E-state index is 12.4. The fourth-order valence-electron chi connectivity index (χ4n) is 2.05. The number of nitrogens with zero attached hydrogens (tertiary/aromatic N) is 1. The highest BCUT2D eigenvalue weighted by molar-refractivity contribution is 9.10. The Bertz CT molecular complexity index is 520. The van der Waals surface area contributed by atoms with E-state index >= 15 is 0 Å². The number of rotatable bonds is 5. The molecule has 1 atom stereocenters. The fraction of sp³-hybridized carbons (Fsp3) is 0.529. The molecule has 0 fully saturated rings. The summed E-state index contributed by atoms with van der Waals surface area (Å²) in [5.74, 6) is -0.161. The van der Waals surface area contributed by atoms with Gasteiger partial charge in [0.2, 0.25) is 11.8 Å². The standard InChI is InChI=1S/C17H25BrN2O2/c1-6-15(21)20(11-13-7-9-14(18)10-8-13)12(2)16(22)19-17(3,4)5/h7-10,12H,6,11H2,1-5H3,(H,19,22)/t12-/m0/s1. The number of benzene rings is 1. The van der Waals surface area contributed by atoms with Gasteiger partial charge in [-0.25, -0.2) is 0 Å². The molecular formula is C17H25BrN2O2. The van der Waals surface area contributed by atoms with Gasteiger partial charge >= 0.3 is 0 Å². The molecule has 122 valence electrons. The summed E-state index contributed by atoms with van der Waals surface area (Å²) in [7, 11) is 0. The van der Waals surface area contributed by atoms with Crippen LogP contribution in [-0.2, 0) is 16.1 Å².